The van der Waals surface area contributed by atoms with Crippen LogP contribution in [0.15, 0.2) is 116 Å². The summed E-state index contributed by atoms with van der Waals surface area (Å²) in [5, 5.41) is 31.3. The zero-order valence-electron chi connectivity index (χ0n) is 76.3. The monoisotopic (exact) mass is 1670 g/mol. The molecular formula is C97H175ClN12O8. The molecule has 0 bridgehead atoms. The minimum Gasteiger partial charge on any atom is -0.444 e. The van der Waals surface area contributed by atoms with Crippen LogP contribution in [-0.4, -0.2) is 158 Å². The van der Waals surface area contributed by atoms with Crippen LogP contribution in [0.25, 0.3) is 5.70 Å². The quantitative estimate of drug-likeness (QED) is 0.0450. The highest BCUT2D eigenvalue weighted by molar-refractivity contribution is 6.30. The molecule has 21 heteroatoms. The van der Waals surface area contributed by atoms with E-state index < -0.39 is 5.60 Å². The van der Waals surface area contributed by atoms with Gasteiger partial charge in [-0.25, -0.2) is 4.79 Å². The number of likely N-dealkylation sites (tertiary alicyclic amines) is 2. The van der Waals surface area contributed by atoms with E-state index in [1.54, 1.807) is 17.0 Å². The van der Waals surface area contributed by atoms with Crippen LogP contribution in [0.4, 0.5) is 4.79 Å². The Morgan fingerprint density at radius 2 is 0.856 bits per heavy atom. The molecular weight excluding hydrogens is 1500 g/mol. The molecule has 3 heterocycles. The van der Waals surface area contributed by atoms with E-state index in [2.05, 4.69) is 133 Å². The molecule has 3 aliphatic heterocycles. The standard InChI is InChI=1S/C14H26N2O3.C11H14ClN.C11H22N2.C11H21NO.C11H15NO.C10H13NO.C10H19N.C9H18N2O.C7H15NO.3CH4/c1-10(2)15-12(17)11-7-6-8-16(9-11)13(18)19-14(3,4)5;1-8(2)13-9(3)10-4-6-11(12)7-5-10;1-9(2)12-10(3)11-5-7-13(4)8-6-11;1-8(2)12-11(13)10-6-4-9(3)5-7-10;1-9(2)12-11(13)8-10-6-4-3-5-7-10;1-8(2)11-10(12)9-6-4-3-5-7-9;1-8(2)11-9(3)10-6-4-5-7-10;1-7(2)11-9(12)8-4-3-5-10-6-8;1-5(2)7(9)8-6(3)4;;;/h10-11H,6-9H2,1-5H3,(H,15,17);4-8,13H,3H2,1-2H3;9,11-12H,3,5-8H2,1-2,4H3;8-10H,4-7H2,1-3H3,(H,12,13);3-7,9H,8H2,1-2H3,(H,12,13);3-8H,1-2H3,(H,11,12);8,10-11H,3-7H2,1-2H3;7-8,10H,3-6H2,1-2H3,(H,11,12);5-6H,1-4H3,(H,8,9);3*1H4. The summed E-state index contributed by atoms with van der Waals surface area (Å²) in [6.45, 7) is 65.6. The molecule has 2 unspecified atom stereocenters. The second-order valence-corrected chi connectivity index (χ2v) is 35.9. The molecule has 3 aromatic carbocycles. The third-order valence-corrected chi connectivity index (χ3v) is 18.8. The number of allylic oxidation sites excluding steroid dienone is 2. The first-order chi connectivity index (χ1) is 53.8. The van der Waals surface area contributed by atoms with Gasteiger partial charge in [0.1, 0.15) is 5.60 Å². The fraction of sp³-hybridized carbons (Fsp3) is 0.680. The molecule has 3 saturated heterocycles. The van der Waals surface area contributed by atoms with Gasteiger partial charge in [0.2, 0.25) is 29.5 Å². The number of piperidine rings is 3. The maximum absolute atomic E-state index is 12.0. The molecule has 2 saturated carbocycles. The molecule has 118 heavy (non-hydrogen) atoms. The van der Waals surface area contributed by atoms with Gasteiger partial charge >= 0.3 is 6.09 Å². The second kappa shape index (κ2) is 65.4. The van der Waals surface area contributed by atoms with Crippen LogP contribution >= 0.6 is 11.6 Å². The van der Waals surface area contributed by atoms with Crippen molar-refractivity contribution < 1.29 is 38.3 Å². The molecule has 8 rings (SSSR count). The summed E-state index contributed by atoms with van der Waals surface area (Å²) in [6.07, 6.45) is 16.6. The van der Waals surface area contributed by atoms with E-state index in [1.807, 2.05) is 190 Å². The predicted octanol–water partition coefficient (Wildman–Crippen LogP) is 19.5. The van der Waals surface area contributed by atoms with Crippen LogP contribution in [0.3, 0.4) is 0 Å². The van der Waals surface area contributed by atoms with Gasteiger partial charge in [-0.1, -0.05) is 148 Å². The lowest BCUT2D eigenvalue weighted by Crippen LogP contribution is -2.48. The number of rotatable bonds is 22. The molecule has 7 amide bonds. The summed E-state index contributed by atoms with van der Waals surface area (Å²) >= 11 is 5.77. The Balaban J connectivity index is -0.000000621. The number of halogens is 1. The van der Waals surface area contributed by atoms with Crippen molar-refractivity contribution in [3.05, 3.63) is 138 Å². The number of hydrogen-bond donors (Lipinski definition) is 10. The third-order valence-electron chi connectivity index (χ3n) is 18.5. The summed E-state index contributed by atoms with van der Waals surface area (Å²) in [5.41, 5.74) is 5.79. The van der Waals surface area contributed by atoms with Crippen molar-refractivity contribution in [1.82, 2.24) is 63.0 Å². The Kier molecular flexibility index (Phi) is 64.8. The Morgan fingerprint density at radius 3 is 1.26 bits per heavy atom. The summed E-state index contributed by atoms with van der Waals surface area (Å²) in [6, 6.07) is 29.4. The fourth-order valence-electron chi connectivity index (χ4n) is 12.7. The van der Waals surface area contributed by atoms with E-state index in [0.29, 0.717) is 55.0 Å². The number of nitrogens with one attached hydrogen (secondary N) is 10. The molecule has 2 aliphatic carbocycles. The highest BCUT2D eigenvalue weighted by Gasteiger charge is 2.32. The van der Waals surface area contributed by atoms with Crippen molar-refractivity contribution >= 4 is 58.8 Å². The van der Waals surface area contributed by atoms with Gasteiger partial charge in [0.05, 0.1) is 18.3 Å². The minimum atomic E-state index is -0.496. The average molecular weight is 1670 g/mol. The molecule has 3 aromatic rings. The number of nitrogens with zero attached hydrogens (tertiary/aromatic N) is 2. The van der Waals surface area contributed by atoms with Crippen LogP contribution in [0.5, 0.6) is 0 Å². The van der Waals surface area contributed by atoms with Gasteiger partial charge in [0, 0.05) is 119 Å². The fourth-order valence-corrected chi connectivity index (χ4v) is 12.8. The lowest BCUT2D eigenvalue weighted by atomic mass is 9.82. The van der Waals surface area contributed by atoms with Crippen molar-refractivity contribution in [2.75, 3.05) is 46.3 Å². The van der Waals surface area contributed by atoms with E-state index in [1.165, 1.54) is 75.9 Å². The van der Waals surface area contributed by atoms with Crippen molar-refractivity contribution in [2.24, 2.45) is 41.4 Å². The van der Waals surface area contributed by atoms with E-state index in [-0.39, 0.29) is 118 Å². The largest absolute Gasteiger partial charge is 0.444 e. The SMILES string of the molecule is C.C.C.C=C(NC(C)C)C1CCCC1.C=C(NC(C)C)C1CCN(C)CC1.C=C(NC(C)C)c1ccc(Cl)cc1.CC(C)NC(=O)C(C)C.CC(C)NC(=O)C1CCCN(C(=O)OC(C)(C)C)C1.CC(C)NC(=O)C1CCCNC1.CC(C)NC(=O)Cc1ccccc1.CC(C)NC(=O)c1ccccc1.CC1CCC(C(=O)NC(C)C)CC1. The first kappa shape index (κ1) is 117. The Bertz CT molecular complexity index is 3140. The van der Waals surface area contributed by atoms with Crippen LogP contribution < -0.4 is 53.2 Å². The Labute approximate surface area is 726 Å². The number of ether oxygens (including phenoxy) is 1. The summed E-state index contributed by atoms with van der Waals surface area (Å²) < 4.78 is 5.34. The predicted molar refractivity (Wildman–Crippen MR) is 504 cm³/mol. The highest BCUT2D eigenvalue weighted by atomic mass is 35.5. The molecule has 2 atom stereocenters. The van der Waals surface area contributed by atoms with Crippen molar-refractivity contribution in [2.45, 2.75) is 345 Å². The number of carbonyl (C=O) groups is 7. The summed E-state index contributed by atoms with van der Waals surface area (Å²) in [7, 11) is 2.19. The van der Waals surface area contributed by atoms with Crippen molar-refractivity contribution in [1.29, 1.82) is 0 Å². The molecule has 0 spiro atoms. The topological polar surface area (TPSA) is 255 Å². The molecule has 10 N–H and O–H groups in total. The normalized spacial score (nSPS) is 17.0. The highest BCUT2D eigenvalue weighted by Crippen LogP contribution is 2.30. The van der Waals surface area contributed by atoms with Crippen molar-refractivity contribution in [3.63, 3.8) is 0 Å². The molecule has 20 nitrogen and oxygen atoms in total. The lowest BCUT2D eigenvalue weighted by Gasteiger charge is -2.33. The molecule has 5 fully saturated rings. The Morgan fingerprint density at radius 1 is 0.449 bits per heavy atom. The molecule has 0 aromatic heterocycles. The van der Waals surface area contributed by atoms with Crippen LogP contribution in [-0.2, 0) is 35.1 Å². The zero-order chi connectivity index (χ0) is 87.5. The number of hydrogen-bond acceptors (Lipinski definition) is 13. The lowest BCUT2D eigenvalue weighted by molar-refractivity contribution is -0.127. The maximum Gasteiger partial charge on any atom is 0.410 e. The first-order valence-corrected chi connectivity index (χ1v) is 43.6. The Hall–Kier alpha value is -7.42. The summed E-state index contributed by atoms with van der Waals surface area (Å²) in [5.74, 6) is 3.45. The van der Waals surface area contributed by atoms with E-state index >= 15 is 0 Å². The third kappa shape index (κ3) is 60.1. The first-order valence-electron chi connectivity index (χ1n) is 43.2. The van der Waals surface area contributed by atoms with Crippen molar-refractivity contribution in [3.8, 4) is 0 Å². The number of amides is 7. The second-order valence-electron chi connectivity index (χ2n) is 35.4. The average Bonchev–Trinajstić information content (AvgIpc) is 0.975. The van der Waals surface area contributed by atoms with Gasteiger partial charge in [-0.2, -0.15) is 0 Å². The zero-order valence-corrected chi connectivity index (χ0v) is 77.1. The van der Waals surface area contributed by atoms with E-state index in [4.69, 9.17) is 16.3 Å². The molecule has 0 radical (unpaired) electrons. The number of carbonyl (C=O) groups excluding carboxylic acids is 7. The van der Waals surface area contributed by atoms with Gasteiger partial charge in [-0.15, -0.1) is 0 Å². The van der Waals surface area contributed by atoms with Gasteiger partial charge < -0.3 is 67.7 Å². The maximum atomic E-state index is 12.0. The van der Waals surface area contributed by atoms with E-state index in [9.17, 15) is 33.6 Å². The van der Waals surface area contributed by atoms with E-state index in [0.717, 1.165) is 85.3 Å². The van der Waals surface area contributed by atoms with Crippen LogP contribution in [0, 0.1) is 41.4 Å². The minimum absolute atomic E-state index is 0. The number of benzene rings is 3. The van der Waals surface area contributed by atoms with Gasteiger partial charge in [-0.3, -0.25) is 28.8 Å². The summed E-state index contributed by atoms with van der Waals surface area (Å²) in [4.78, 5) is 84.5. The van der Waals surface area contributed by atoms with Gasteiger partial charge in [0.15, 0.2) is 0 Å². The van der Waals surface area contributed by atoms with Crippen LogP contribution in [0.2, 0.25) is 5.02 Å². The smallest absolute Gasteiger partial charge is 0.410 e. The van der Waals surface area contributed by atoms with Gasteiger partial charge in [-0.05, 0) is 296 Å². The van der Waals surface area contributed by atoms with Crippen LogP contribution in [0.1, 0.15) is 300 Å². The molecule has 678 valence electrons. The van der Waals surface area contributed by atoms with Gasteiger partial charge in [0.25, 0.3) is 5.91 Å². The molecule has 5 aliphatic rings.